The first-order valence-electron chi connectivity index (χ1n) is 21.8. The number of aliphatic hydroxyl groups excluding tert-OH is 1. The highest BCUT2D eigenvalue weighted by Crippen LogP contribution is 2.43. The molecule has 0 aromatic rings. The summed E-state index contributed by atoms with van der Waals surface area (Å²) >= 11 is 0. The third-order valence-electron chi connectivity index (χ3n) is 8.76. The number of esters is 2. The smallest absolute Gasteiger partial charge is 0.462 e. The molecule has 0 rings (SSSR count). The summed E-state index contributed by atoms with van der Waals surface area (Å²) in [5, 5.41) is 8.80. The third-order valence-corrected chi connectivity index (χ3v) is 9.75. The molecular formula is C46H81NO9P+. The summed E-state index contributed by atoms with van der Waals surface area (Å²) in [5.41, 5.74) is 0. The maximum atomic E-state index is 12.7. The Morgan fingerprint density at radius 2 is 1.04 bits per heavy atom. The van der Waals surface area contributed by atoms with E-state index in [1.165, 1.54) is 25.7 Å². The molecule has 0 saturated heterocycles. The number of quaternary nitrogens is 1. The van der Waals surface area contributed by atoms with Gasteiger partial charge in [0.2, 0.25) is 0 Å². The van der Waals surface area contributed by atoms with Crippen molar-refractivity contribution in [3.8, 4) is 0 Å². The van der Waals surface area contributed by atoms with Gasteiger partial charge in [0.1, 0.15) is 19.8 Å². The fourth-order valence-corrected chi connectivity index (χ4v) is 6.05. The van der Waals surface area contributed by atoms with E-state index < -0.39 is 32.5 Å². The molecule has 0 saturated carbocycles. The van der Waals surface area contributed by atoms with Crippen LogP contribution in [0, 0.1) is 0 Å². The summed E-state index contributed by atoms with van der Waals surface area (Å²) in [6.07, 6.45) is 45.4. The number of hydrogen-bond donors (Lipinski definition) is 2. The van der Waals surface area contributed by atoms with Gasteiger partial charge in [0.05, 0.1) is 27.7 Å². The summed E-state index contributed by atoms with van der Waals surface area (Å²) in [5.74, 6) is -0.902. The zero-order valence-electron chi connectivity index (χ0n) is 36.2. The number of ether oxygens (including phenoxy) is 2. The van der Waals surface area contributed by atoms with Crippen LogP contribution >= 0.6 is 7.82 Å². The number of hydrogen-bond acceptors (Lipinski definition) is 8. The Kier molecular flexibility index (Phi) is 37.1. The van der Waals surface area contributed by atoms with Crippen LogP contribution in [-0.2, 0) is 32.7 Å². The third kappa shape index (κ3) is 42.8. The largest absolute Gasteiger partial charge is 0.472 e. The number of carbonyl (C=O) groups is 2. The second-order valence-corrected chi connectivity index (χ2v) is 16.9. The normalized spacial score (nSPS) is 14.3. The van der Waals surface area contributed by atoms with Gasteiger partial charge in [-0.1, -0.05) is 118 Å². The Morgan fingerprint density at radius 1 is 0.579 bits per heavy atom. The van der Waals surface area contributed by atoms with Gasteiger partial charge in [-0.05, 0) is 89.9 Å². The Balaban J connectivity index is 4.50. The molecular weight excluding hydrogens is 741 g/mol. The minimum absolute atomic E-state index is 0.0106. The van der Waals surface area contributed by atoms with E-state index >= 15 is 0 Å². The highest BCUT2D eigenvalue weighted by atomic mass is 31.2. The highest BCUT2D eigenvalue weighted by molar-refractivity contribution is 7.47. The van der Waals surface area contributed by atoms with Crippen LogP contribution in [0.15, 0.2) is 72.9 Å². The Hall–Kier alpha value is -2.59. The Morgan fingerprint density at radius 3 is 1.56 bits per heavy atom. The van der Waals surface area contributed by atoms with Crippen LogP contribution < -0.4 is 0 Å². The maximum Gasteiger partial charge on any atom is 0.472 e. The number of nitrogens with zero attached hydrogens (tertiary/aromatic N) is 1. The van der Waals surface area contributed by atoms with Crippen LogP contribution in [-0.4, -0.2) is 86.6 Å². The molecule has 11 heteroatoms. The lowest BCUT2D eigenvalue weighted by atomic mass is 10.1. The van der Waals surface area contributed by atoms with Crippen molar-refractivity contribution in [1.82, 2.24) is 0 Å². The number of phosphoric acid groups is 1. The average molecular weight is 823 g/mol. The van der Waals surface area contributed by atoms with Gasteiger partial charge in [-0.15, -0.1) is 0 Å². The van der Waals surface area contributed by atoms with Crippen molar-refractivity contribution in [3.63, 3.8) is 0 Å². The number of carbonyl (C=O) groups excluding carboxylic acids is 2. The second kappa shape index (κ2) is 38.9. The summed E-state index contributed by atoms with van der Waals surface area (Å²) < 4.78 is 34.2. The lowest BCUT2D eigenvalue weighted by Gasteiger charge is -2.24. The van der Waals surface area contributed by atoms with E-state index in [1.807, 2.05) is 27.2 Å². The van der Waals surface area contributed by atoms with Crippen LogP contribution in [0.4, 0.5) is 0 Å². The average Bonchev–Trinajstić information content (AvgIpc) is 3.16. The quantitative estimate of drug-likeness (QED) is 0.0205. The molecule has 0 aromatic carbocycles. The van der Waals surface area contributed by atoms with Crippen molar-refractivity contribution < 1.29 is 47.2 Å². The van der Waals surface area contributed by atoms with Crippen molar-refractivity contribution in [3.05, 3.63) is 72.9 Å². The first-order chi connectivity index (χ1) is 27.5. The molecule has 0 bridgehead atoms. The van der Waals surface area contributed by atoms with Crippen LogP contribution in [0.5, 0.6) is 0 Å². The predicted octanol–water partition coefficient (Wildman–Crippen LogP) is 11.2. The molecule has 0 heterocycles. The van der Waals surface area contributed by atoms with E-state index in [2.05, 4.69) is 73.8 Å². The molecule has 0 aliphatic carbocycles. The molecule has 2 unspecified atom stereocenters. The van der Waals surface area contributed by atoms with Crippen molar-refractivity contribution in [2.24, 2.45) is 0 Å². The number of phosphoric ester groups is 1. The van der Waals surface area contributed by atoms with Gasteiger partial charge in [0.15, 0.2) is 6.10 Å². The SMILES string of the molecule is CCCCC/C=C\C/C=C\CCCCCCCC(=O)OCC(COP(=O)(O)OCC[N+](C)(C)C)OC(=O)CCC/C=C\C/C=C\C/C=C\C/C=C\CCCCCO. The minimum Gasteiger partial charge on any atom is -0.462 e. The molecule has 0 radical (unpaired) electrons. The monoisotopic (exact) mass is 823 g/mol. The Bertz CT molecular complexity index is 1200. The summed E-state index contributed by atoms with van der Waals surface area (Å²) in [6.45, 7) is 2.29. The molecule has 0 aromatic heterocycles. The first kappa shape index (κ1) is 54.4. The lowest BCUT2D eigenvalue weighted by molar-refractivity contribution is -0.870. The fourth-order valence-electron chi connectivity index (χ4n) is 5.31. The van der Waals surface area contributed by atoms with E-state index in [0.29, 0.717) is 30.3 Å². The molecule has 2 atom stereocenters. The number of likely N-dealkylation sites (N-methyl/N-ethyl adjacent to an activating group) is 1. The topological polar surface area (TPSA) is 129 Å². The summed E-state index contributed by atoms with van der Waals surface area (Å²) in [6, 6.07) is 0. The van der Waals surface area contributed by atoms with Gasteiger partial charge < -0.3 is 24.0 Å². The van der Waals surface area contributed by atoms with Gasteiger partial charge in [-0.25, -0.2) is 4.57 Å². The Labute approximate surface area is 347 Å². The van der Waals surface area contributed by atoms with Crippen LogP contribution in [0.3, 0.4) is 0 Å². The summed E-state index contributed by atoms with van der Waals surface area (Å²) in [7, 11) is 1.40. The maximum absolute atomic E-state index is 12.7. The van der Waals surface area contributed by atoms with Crippen molar-refractivity contribution in [1.29, 1.82) is 0 Å². The standard InChI is InChI=1S/C46H80NO9P/c1-5-6-7-8-9-10-11-12-16-19-22-25-28-31-34-37-45(49)53-42-44(43-55-57(51,52)54-41-39-47(2,3)4)56-46(50)38-35-32-29-26-23-20-17-14-13-15-18-21-24-27-30-33-36-40-48/h9-10,12-13,15-17,20-21,24,26,29,44,48H,5-8,11,14,18-19,22-23,25,27-28,30-43H2,1-4H3/p+1/b10-9-,15-13-,16-12-,20-17-,24-21-,29-26-. The molecule has 328 valence electrons. The zero-order valence-corrected chi connectivity index (χ0v) is 37.1. The fraction of sp³-hybridized carbons (Fsp3) is 0.696. The van der Waals surface area contributed by atoms with Gasteiger partial charge in [0.25, 0.3) is 0 Å². The van der Waals surface area contributed by atoms with Crippen molar-refractivity contribution >= 4 is 19.8 Å². The minimum atomic E-state index is -4.40. The van der Waals surface area contributed by atoms with Crippen molar-refractivity contribution in [2.75, 3.05) is 54.1 Å². The van der Waals surface area contributed by atoms with E-state index in [4.69, 9.17) is 23.6 Å². The van der Waals surface area contributed by atoms with Gasteiger partial charge in [0, 0.05) is 19.4 Å². The number of unbranched alkanes of at least 4 members (excludes halogenated alkanes) is 12. The van der Waals surface area contributed by atoms with E-state index in [-0.39, 0.29) is 32.7 Å². The van der Waals surface area contributed by atoms with Gasteiger partial charge >= 0.3 is 19.8 Å². The molecule has 0 spiro atoms. The molecule has 10 nitrogen and oxygen atoms in total. The molecule has 0 fully saturated rings. The number of aliphatic hydroxyl groups is 1. The predicted molar refractivity (Wildman–Crippen MR) is 235 cm³/mol. The molecule has 2 N–H and O–H groups in total. The second-order valence-electron chi connectivity index (χ2n) is 15.4. The number of allylic oxidation sites excluding steroid dienone is 12. The van der Waals surface area contributed by atoms with Crippen LogP contribution in [0.1, 0.15) is 148 Å². The van der Waals surface area contributed by atoms with E-state index in [1.54, 1.807) is 0 Å². The molecule has 57 heavy (non-hydrogen) atoms. The van der Waals surface area contributed by atoms with Crippen molar-refractivity contribution in [2.45, 2.75) is 154 Å². The highest BCUT2D eigenvalue weighted by Gasteiger charge is 2.27. The van der Waals surface area contributed by atoms with Gasteiger partial charge in [-0.3, -0.25) is 18.6 Å². The lowest BCUT2D eigenvalue weighted by Crippen LogP contribution is -2.37. The molecule has 0 aliphatic heterocycles. The first-order valence-corrected chi connectivity index (χ1v) is 23.3. The summed E-state index contributed by atoms with van der Waals surface area (Å²) in [4.78, 5) is 35.3. The van der Waals surface area contributed by atoms with Gasteiger partial charge in [-0.2, -0.15) is 0 Å². The zero-order chi connectivity index (χ0) is 42.1. The van der Waals surface area contributed by atoms with E-state index in [0.717, 1.165) is 83.5 Å². The van der Waals surface area contributed by atoms with E-state index in [9.17, 15) is 19.0 Å². The van der Waals surface area contributed by atoms with Crippen LogP contribution in [0.25, 0.3) is 0 Å². The molecule has 0 amide bonds. The van der Waals surface area contributed by atoms with Crippen LogP contribution in [0.2, 0.25) is 0 Å². The molecule has 0 aliphatic rings. The number of rotatable bonds is 39.